The minimum Gasteiger partial charge on any atom is -0.319 e. The van der Waals surface area contributed by atoms with E-state index in [9.17, 15) is 4.39 Å². The van der Waals surface area contributed by atoms with Gasteiger partial charge in [0.1, 0.15) is 6.67 Å². The Morgan fingerprint density at radius 3 is 2.64 bits per heavy atom. The van der Waals surface area contributed by atoms with Gasteiger partial charge in [-0.25, -0.2) is 4.39 Å². The van der Waals surface area contributed by atoms with E-state index in [2.05, 4.69) is 12.2 Å². The first-order valence-electron chi connectivity index (χ1n) is 4.09. The van der Waals surface area contributed by atoms with Crippen molar-refractivity contribution in [1.29, 1.82) is 0 Å². The lowest BCUT2D eigenvalue weighted by Gasteiger charge is -2.19. The SMILES string of the molecule is CNCC(C)CN(C)CCF. The summed E-state index contributed by atoms with van der Waals surface area (Å²) in [5, 5.41) is 3.09. The van der Waals surface area contributed by atoms with Gasteiger partial charge in [-0.3, -0.25) is 0 Å². The van der Waals surface area contributed by atoms with Gasteiger partial charge in [-0.1, -0.05) is 6.92 Å². The monoisotopic (exact) mass is 162 g/mol. The van der Waals surface area contributed by atoms with Gasteiger partial charge in [0.05, 0.1) is 0 Å². The second-order valence-corrected chi connectivity index (χ2v) is 3.11. The number of nitrogens with zero attached hydrogens (tertiary/aromatic N) is 1. The van der Waals surface area contributed by atoms with Crippen LogP contribution in [0.5, 0.6) is 0 Å². The molecule has 1 unspecified atom stereocenters. The van der Waals surface area contributed by atoms with E-state index in [1.807, 2.05) is 19.0 Å². The predicted octanol–water partition coefficient (Wildman–Crippen LogP) is 0.743. The normalized spacial score (nSPS) is 13.9. The highest BCUT2D eigenvalue weighted by Gasteiger charge is 2.04. The Morgan fingerprint density at radius 1 is 1.55 bits per heavy atom. The Balaban J connectivity index is 3.32. The molecule has 0 heterocycles. The zero-order chi connectivity index (χ0) is 8.69. The molecule has 0 rings (SSSR count). The van der Waals surface area contributed by atoms with Crippen molar-refractivity contribution in [2.75, 3.05) is 40.4 Å². The molecule has 0 saturated heterocycles. The molecule has 2 nitrogen and oxygen atoms in total. The van der Waals surface area contributed by atoms with E-state index in [0.717, 1.165) is 13.1 Å². The van der Waals surface area contributed by atoms with Crippen molar-refractivity contribution in [2.45, 2.75) is 6.92 Å². The zero-order valence-corrected chi connectivity index (χ0v) is 7.73. The lowest BCUT2D eigenvalue weighted by molar-refractivity contribution is 0.259. The Labute approximate surface area is 68.8 Å². The first kappa shape index (κ1) is 10.8. The minimum atomic E-state index is -0.247. The van der Waals surface area contributed by atoms with E-state index in [-0.39, 0.29) is 6.67 Å². The standard InChI is InChI=1S/C8H19FN2/c1-8(6-10-2)7-11(3)5-4-9/h8,10H,4-7H2,1-3H3. The van der Waals surface area contributed by atoms with Gasteiger partial charge >= 0.3 is 0 Å². The fraction of sp³-hybridized carbons (Fsp3) is 1.00. The summed E-state index contributed by atoms with van der Waals surface area (Å²) < 4.78 is 11.8. The molecule has 1 N–H and O–H groups in total. The highest BCUT2D eigenvalue weighted by Crippen LogP contribution is 1.95. The fourth-order valence-electron chi connectivity index (χ4n) is 1.18. The summed E-state index contributed by atoms with van der Waals surface area (Å²) in [5.74, 6) is 0.594. The molecule has 0 saturated carbocycles. The summed E-state index contributed by atoms with van der Waals surface area (Å²) in [6, 6.07) is 0. The lowest BCUT2D eigenvalue weighted by atomic mass is 10.2. The van der Waals surface area contributed by atoms with E-state index in [0.29, 0.717) is 12.5 Å². The average molecular weight is 162 g/mol. The second kappa shape index (κ2) is 6.55. The first-order valence-corrected chi connectivity index (χ1v) is 4.09. The summed E-state index contributed by atoms with van der Waals surface area (Å²) in [7, 11) is 3.89. The molecule has 68 valence electrons. The smallest absolute Gasteiger partial charge is 0.102 e. The van der Waals surface area contributed by atoms with Crippen LogP contribution in [-0.2, 0) is 0 Å². The number of hydrogen-bond donors (Lipinski definition) is 1. The van der Waals surface area contributed by atoms with Gasteiger partial charge in [0.25, 0.3) is 0 Å². The maximum absolute atomic E-state index is 11.8. The molecular weight excluding hydrogens is 143 g/mol. The molecule has 0 bridgehead atoms. The van der Waals surface area contributed by atoms with Crippen molar-refractivity contribution in [3.05, 3.63) is 0 Å². The fourth-order valence-corrected chi connectivity index (χ4v) is 1.18. The minimum absolute atomic E-state index is 0.247. The third-order valence-electron chi connectivity index (χ3n) is 1.64. The molecule has 0 aliphatic carbocycles. The Bertz CT molecular complexity index is 78.2. The number of hydrogen-bond acceptors (Lipinski definition) is 2. The van der Waals surface area contributed by atoms with E-state index >= 15 is 0 Å². The van der Waals surface area contributed by atoms with Gasteiger partial charge < -0.3 is 10.2 Å². The van der Waals surface area contributed by atoms with Crippen LogP contribution in [0.4, 0.5) is 4.39 Å². The van der Waals surface area contributed by atoms with Gasteiger partial charge in [-0.2, -0.15) is 0 Å². The van der Waals surface area contributed by atoms with Crippen LogP contribution in [0.3, 0.4) is 0 Å². The van der Waals surface area contributed by atoms with E-state index < -0.39 is 0 Å². The molecule has 0 aromatic heterocycles. The Morgan fingerprint density at radius 2 is 2.18 bits per heavy atom. The Kier molecular flexibility index (Phi) is 6.46. The molecule has 0 aromatic carbocycles. The molecule has 0 aliphatic heterocycles. The predicted molar refractivity (Wildman–Crippen MR) is 46.6 cm³/mol. The van der Waals surface area contributed by atoms with Crippen LogP contribution in [0.2, 0.25) is 0 Å². The molecule has 1 atom stereocenters. The molecule has 0 amide bonds. The second-order valence-electron chi connectivity index (χ2n) is 3.11. The molecular formula is C8H19FN2. The van der Waals surface area contributed by atoms with Crippen LogP contribution in [0.15, 0.2) is 0 Å². The van der Waals surface area contributed by atoms with Crippen molar-refractivity contribution in [3.8, 4) is 0 Å². The molecule has 3 heteroatoms. The van der Waals surface area contributed by atoms with Gasteiger partial charge in [0, 0.05) is 13.1 Å². The maximum atomic E-state index is 11.8. The summed E-state index contributed by atoms with van der Waals surface area (Å²) in [4.78, 5) is 2.02. The van der Waals surface area contributed by atoms with E-state index in [1.54, 1.807) is 0 Å². The van der Waals surface area contributed by atoms with Gasteiger partial charge in [-0.05, 0) is 26.6 Å². The number of halogens is 1. The van der Waals surface area contributed by atoms with Gasteiger partial charge in [0.2, 0.25) is 0 Å². The third-order valence-corrected chi connectivity index (χ3v) is 1.64. The van der Waals surface area contributed by atoms with Gasteiger partial charge in [0.15, 0.2) is 0 Å². The van der Waals surface area contributed by atoms with Crippen LogP contribution < -0.4 is 5.32 Å². The molecule has 0 aromatic rings. The lowest BCUT2D eigenvalue weighted by Crippen LogP contribution is -2.30. The zero-order valence-electron chi connectivity index (χ0n) is 7.73. The van der Waals surface area contributed by atoms with Crippen LogP contribution >= 0.6 is 0 Å². The molecule has 11 heavy (non-hydrogen) atoms. The molecule has 0 spiro atoms. The topological polar surface area (TPSA) is 15.3 Å². The van der Waals surface area contributed by atoms with Gasteiger partial charge in [-0.15, -0.1) is 0 Å². The Hall–Kier alpha value is -0.150. The quantitative estimate of drug-likeness (QED) is 0.620. The largest absolute Gasteiger partial charge is 0.319 e. The van der Waals surface area contributed by atoms with Crippen LogP contribution in [0.1, 0.15) is 6.92 Å². The van der Waals surface area contributed by atoms with E-state index in [4.69, 9.17) is 0 Å². The first-order chi connectivity index (χ1) is 5.20. The van der Waals surface area contributed by atoms with Crippen molar-refractivity contribution < 1.29 is 4.39 Å². The van der Waals surface area contributed by atoms with Crippen molar-refractivity contribution >= 4 is 0 Å². The highest BCUT2D eigenvalue weighted by molar-refractivity contribution is 4.59. The average Bonchev–Trinajstić information content (AvgIpc) is 1.87. The van der Waals surface area contributed by atoms with Crippen LogP contribution in [0.25, 0.3) is 0 Å². The number of nitrogens with one attached hydrogen (secondary N) is 1. The summed E-state index contributed by atoms with van der Waals surface area (Å²) in [6.07, 6.45) is 0. The van der Waals surface area contributed by atoms with Crippen molar-refractivity contribution in [1.82, 2.24) is 10.2 Å². The summed E-state index contributed by atoms with van der Waals surface area (Å²) in [6.45, 7) is 4.42. The number of rotatable bonds is 6. The van der Waals surface area contributed by atoms with Crippen LogP contribution in [0, 0.1) is 5.92 Å². The highest BCUT2D eigenvalue weighted by atomic mass is 19.1. The van der Waals surface area contributed by atoms with Crippen molar-refractivity contribution in [3.63, 3.8) is 0 Å². The summed E-state index contributed by atoms with van der Waals surface area (Å²) >= 11 is 0. The summed E-state index contributed by atoms with van der Waals surface area (Å²) in [5.41, 5.74) is 0. The van der Waals surface area contributed by atoms with E-state index in [1.165, 1.54) is 0 Å². The number of alkyl halides is 1. The molecule has 0 radical (unpaired) electrons. The molecule has 0 aliphatic rings. The molecule has 0 fully saturated rings. The van der Waals surface area contributed by atoms with Crippen LogP contribution in [-0.4, -0.2) is 45.3 Å². The third kappa shape index (κ3) is 6.26. The van der Waals surface area contributed by atoms with Crippen molar-refractivity contribution in [2.24, 2.45) is 5.92 Å². The maximum Gasteiger partial charge on any atom is 0.102 e.